The molecule has 1 aliphatic rings. The van der Waals surface area contributed by atoms with E-state index >= 15 is 0 Å². The highest BCUT2D eigenvalue weighted by Gasteiger charge is 2.35. The van der Waals surface area contributed by atoms with Crippen molar-refractivity contribution in [3.8, 4) is 0 Å². The number of carbonyl (C=O) groups is 2. The molecule has 0 aromatic heterocycles. The Kier molecular flexibility index (Phi) is 13.2. The Bertz CT molecular complexity index is 1060. The summed E-state index contributed by atoms with van der Waals surface area (Å²) in [6.45, 7) is 7.22. The van der Waals surface area contributed by atoms with Crippen molar-refractivity contribution >= 4 is 46.5 Å². The van der Waals surface area contributed by atoms with E-state index in [-0.39, 0.29) is 18.4 Å². The molecule has 212 valence electrons. The summed E-state index contributed by atoms with van der Waals surface area (Å²) in [4.78, 5) is 29.1. The van der Waals surface area contributed by atoms with Gasteiger partial charge in [0.1, 0.15) is 6.04 Å². The third-order valence-corrected chi connectivity index (χ3v) is 7.39. The van der Waals surface area contributed by atoms with E-state index in [4.69, 9.17) is 20.9 Å². The molecule has 0 unspecified atom stereocenters. The van der Waals surface area contributed by atoms with E-state index in [1.54, 1.807) is 18.2 Å². The van der Waals surface area contributed by atoms with Crippen LogP contribution in [0.2, 0.25) is 5.02 Å². The molecule has 11 heteroatoms. The number of benzene rings is 2. The molecule has 0 radical (unpaired) electrons. The fraction of sp³-hybridized carbons (Fsp3) is 0.500. The smallest absolute Gasteiger partial charge is 0.410 e. The Morgan fingerprint density at radius 1 is 1.10 bits per heavy atom. The molecule has 0 saturated carbocycles. The van der Waals surface area contributed by atoms with Crippen LogP contribution in [-0.4, -0.2) is 80.4 Å². The van der Waals surface area contributed by atoms with Gasteiger partial charge in [0.25, 0.3) is 5.91 Å². The molecule has 0 bridgehead atoms. The largest absolute Gasteiger partial charge is 0.480 e. The van der Waals surface area contributed by atoms with Gasteiger partial charge in [0.2, 0.25) is 5.91 Å². The molecule has 1 aliphatic heterocycles. The summed E-state index contributed by atoms with van der Waals surface area (Å²) in [6, 6.07) is 13.7. The first kappa shape index (κ1) is 31.6. The summed E-state index contributed by atoms with van der Waals surface area (Å²) in [5, 5.41) is 15.8. The molecule has 0 spiro atoms. The highest BCUT2D eigenvalue weighted by atomic mass is 79.9. The average Bonchev–Trinajstić information content (AvgIpc) is 3.02. The highest BCUT2D eigenvalue weighted by molar-refractivity contribution is 9.10. The lowest BCUT2D eigenvalue weighted by Crippen LogP contribution is -2.56. The molecule has 3 rings (SSSR count). The average molecular weight is 623 g/mol. The Labute approximate surface area is 245 Å². The maximum atomic E-state index is 13.7. The summed E-state index contributed by atoms with van der Waals surface area (Å²) in [7, 11) is -0.624. The van der Waals surface area contributed by atoms with Gasteiger partial charge in [0, 0.05) is 48.8 Å². The molecule has 8 nitrogen and oxygen atoms in total. The van der Waals surface area contributed by atoms with Gasteiger partial charge in [0.05, 0.1) is 18.1 Å². The number of hydrogen-bond donors (Lipinski definition) is 3. The number of aliphatic hydroxyl groups is 1. The van der Waals surface area contributed by atoms with Gasteiger partial charge in [-0.3, -0.25) is 14.5 Å². The monoisotopic (exact) mass is 621 g/mol. The van der Waals surface area contributed by atoms with Gasteiger partial charge in [-0.15, -0.1) is 0 Å². The minimum absolute atomic E-state index is 0.0938. The maximum Gasteiger partial charge on any atom is 0.480 e. The van der Waals surface area contributed by atoms with Gasteiger partial charge in [-0.1, -0.05) is 55.8 Å². The number of β-amino-alcohol motifs (C(OH)–C–C–N with tert-alkyl or cyclic N) is 1. The second-order valence-electron chi connectivity index (χ2n) is 10.1. The van der Waals surface area contributed by atoms with Gasteiger partial charge in [-0.25, -0.2) is 0 Å². The quantitative estimate of drug-likeness (QED) is 0.331. The fourth-order valence-electron chi connectivity index (χ4n) is 4.54. The molecule has 0 aliphatic carbocycles. The lowest BCUT2D eigenvalue weighted by Gasteiger charge is -2.28. The van der Waals surface area contributed by atoms with Gasteiger partial charge < -0.3 is 25.0 Å². The van der Waals surface area contributed by atoms with Crippen LogP contribution >= 0.6 is 27.5 Å². The van der Waals surface area contributed by atoms with Crippen LogP contribution in [0, 0.1) is 5.92 Å². The van der Waals surface area contributed by atoms with E-state index in [1.807, 2.05) is 30.3 Å². The third-order valence-electron chi connectivity index (χ3n) is 6.47. The normalized spacial score (nSPS) is 16.6. The molecule has 39 heavy (non-hydrogen) atoms. The van der Waals surface area contributed by atoms with Crippen LogP contribution in [0.4, 0.5) is 0 Å². The van der Waals surface area contributed by atoms with Crippen LogP contribution in [0.5, 0.6) is 0 Å². The first-order valence-corrected chi connectivity index (χ1v) is 14.6. The van der Waals surface area contributed by atoms with Crippen molar-refractivity contribution in [3.05, 3.63) is 69.2 Å². The number of amides is 2. The number of rotatable bonds is 11. The fourth-order valence-corrected chi connectivity index (χ4v) is 5.14. The van der Waals surface area contributed by atoms with E-state index in [1.165, 1.54) is 0 Å². The Hall–Kier alpha value is -1.95. The van der Waals surface area contributed by atoms with E-state index < -0.39 is 25.0 Å². The van der Waals surface area contributed by atoms with Crippen LogP contribution in [0.25, 0.3) is 0 Å². The minimum atomic E-state index is -0.836. The molecular formula is C28H38BBrClN3O5. The maximum absolute atomic E-state index is 13.7. The number of aliphatic hydroxyl groups excluding tert-OH is 1. The summed E-state index contributed by atoms with van der Waals surface area (Å²) in [6.07, 6.45) is 1.75. The predicted molar refractivity (Wildman–Crippen MR) is 158 cm³/mol. The number of nitrogens with zero attached hydrogens (tertiary/aromatic N) is 1. The van der Waals surface area contributed by atoms with Crippen LogP contribution in [0.3, 0.4) is 0 Å². The lowest BCUT2D eigenvalue weighted by molar-refractivity contribution is -0.123. The van der Waals surface area contributed by atoms with E-state index in [0.717, 1.165) is 18.5 Å². The number of carbonyl (C=O) groups excluding carboxylic acids is 2. The summed E-state index contributed by atoms with van der Waals surface area (Å²) < 4.78 is 12.8. The summed E-state index contributed by atoms with van der Waals surface area (Å²) >= 11 is 9.54. The summed E-state index contributed by atoms with van der Waals surface area (Å²) in [5.41, 5.74) is 1.27. The van der Waals surface area contributed by atoms with Gasteiger partial charge in [-0.05, 0) is 58.5 Å². The molecule has 2 atom stereocenters. The zero-order valence-electron chi connectivity index (χ0n) is 22.6. The van der Waals surface area contributed by atoms with Gasteiger partial charge >= 0.3 is 7.12 Å². The zero-order chi connectivity index (χ0) is 28.2. The van der Waals surface area contributed by atoms with Crippen molar-refractivity contribution in [2.75, 3.05) is 39.5 Å². The van der Waals surface area contributed by atoms with Crippen molar-refractivity contribution < 1.29 is 24.0 Å². The van der Waals surface area contributed by atoms with Gasteiger partial charge in [-0.2, -0.15) is 0 Å². The van der Waals surface area contributed by atoms with E-state index in [2.05, 4.69) is 45.3 Å². The summed E-state index contributed by atoms with van der Waals surface area (Å²) in [5.74, 6) is -0.856. The molecule has 1 saturated heterocycles. The molecule has 1 fully saturated rings. The van der Waals surface area contributed by atoms with Crippen LogP contribution in [0.1, 0.15) is 42.6 Å². The first-order valence-electron chi connectivity index (χ1n) is 13.4. The van der Waals surface area contributed by atoms with Crippen molar-refractivity contribution in [3.63, 3.8) is 0 Å². The zero-order valence-corrected chi connectivity index (χ0v) is 24.9. The Morgan fingerprint density at radius 2 is 1.85 bits per heavy atom. The SMILES string of the molecule is CC(C)C[C@H](NC(=O)[C@H](Cc1ccccc1)NC(=O)c1cc(Cl)ccc1Br)B1OCCCN(CCO)CCO1. The van der Waals surface area contributed by atoms with E-state index in [0.29, 0.717) is 54.2 Å². The lowest BCUT2D eigenvalue weighted by atomic mass is 9.73. The number of hydrogen-bond acceptors (Lipinski definition) is 6. The van der Waals surface area contributed by atoms with Crippen LogP contribution < -0.4 is 10.6 Å². The standard InChI is InChI=1S/C28H38BBrClN3O5/c1-20(2)17-26(29-38-15-6-11-34(12-14-35)13-16-39-29)33-28(37)25(18-21-7-4-3-5-8-21)32-27(36)23-19-22(31)9-10-24(23)30/h3-5,7-10,19-20,25-26,35H,6,11-18H2,1-2H3,(H,32,36)(H,33,37)/t25-,26-/m0/s1. The topological polar surface area (TPSA) is 100 Å². The predicted octanol–water partition coefficient (Wildman–Crippen LogP) is 3.73. The van der Waals surface area contributed by atoms with Crippen molar-refractivity contribution in [1.29, 1.82) is 0 Å². The van der Waals surface area contributed by atoms with E-state index in [9.17, 15) is 14.7 Å². The molecule has 2 amide bonds. The highest BCUT2D eigenvalue weighted by Crippen LogP contribution is 2.21. The van der Waals surface area contributed by atoms with Gasteiger partial charge in [0.15, 0.2) is 0 Å². The molecule has 1 heterocycles. The molecule has 2 aromatic rings. The minimum Gasteiger partial charge on any atom is -0.410 e. The Balaban J connectivity index is 1.78. The number of halogens is 2. The third kappa shape index (κ3) is 10.5. The number of nitrogens with one attached hydrogen (secondary N) is 2. The molecule has 3 N–H and O–H groups in total. The first-order chi connectivity index (χ1) is 18.8. The van der Waals surface area contributed by atoms with Crippen molar-refractivity contribution in [2.24, 2.45) is 5.92 Å². The second kappa shape index (κ2) is 16.4. The molecule has 2 aromatic carbocycles. The van der Waals surface area contributed by atoms with Crippen molar-refractivity contribution in [1.82, 2.24) is 15.5 Å². The Morgan fingerprint density at radius 3 is 2.56 bits per heavy atom. The van der Waals surface area contributed by atoms with Crippen LogP contribution in [-0.2, 0) is 20.5 Å². The second-order valence-corrected chi connectivity index (χ2v) is 11.4. The van der Waals surface area contributed by atoms with Crippen molar-refractivity contribution in [2.45, 2.75) is 45.1 Å². The van der Waals surface area contributed by atoms with Crippen LogP contribution in [0.15, 0.2) is 53.0 Å². The molecular weight excluding hydrogens is 584 g/mol.